The quantitative estimate of drug-likeness (QED) is 0.554. The van der Waals surface area contributed by atoms with Gasteiger partial charge in [0.1, 0.15) is 0 Å². The molecule has 0 spiro atoms. The molecule has 0 atom stereocenters. The van der Waals surface area contributed by atoms with Crippen molar-refractivity contribution in [2.75, 3.05) is 6.26 Å². The molecule has 0 bridgehead atoms. The van der Waals surface area contributed by atoms with Crippen molar-refractivity contribution in [3.63, 3.8) is 0 Å². The minimum atomic E-state index is 0.998. The number of benzene rings is 1. The van der Waals surface area contributed by atoms with Gasteiger partial charge in [0.25, 0.3) is 0 Å². The van der Waals surface area contributed by atoms with E-state index in [1.807, 2.05) is 6.26 Å². The first kappa shape index (κ1) is 14.8. The average molecular weight is 284 g/mol. The third-order valence-corrected chi connectivity index (χ3v) is 3.70. The van der Waals surface area contributed by atoms with Crippen LogP contribution in [0.1, 0.15) is 25.0 Å². The third kappa shape index (κ3) is 3.10. The number of aryl methyl sites for hydroxylation is 2. The van der Waals surface area contributed by atoms with Crippen LogP contribution in [0.5, 0.6) is 0 Å². The molecule has 104 valence electrons. The van der Waals surface area contributed by atoms with Crippen LogP contribution in [-0.4, -0.2) is 17.7 Å². The lowest BCUT2D eigenvalue weighted by atomic mass is 9.97. The highest BCUT2D eigenvalue weighted by atomic mass is 32.2. The maximum absolute atomic E-state index is 4.81. The van der Waals surface area contributed by atoms with Crippen LogP contribution in [0.2, 0.25) is 0 Å². The molecule has 0 aliphatic heterocycles. The van der Waals surface area contributed by atoms with Gasteiger partial charge < -0.3 is 0 Å². The van der Waals surface area contributed by atoms with Gasteiger partial charge >= 0.3 is 0 Å². The van der Waals surface area contributed by atoms with Crippen LogP contribution in [0.25, 0.3) is 0 Å². The SMILES string of the molecule is CSN=C1C(C)=CC(=Nc2c(C)cccc2C)C=C1C. The molecule has 1 aliphatic carbocycles. The highest BCUT2D eigenvalue weighted by molar-refractivity contribution is 7.97. The molecule has 0 radical (unpaired) electrons. The molecule has 0 saturated heterocycles. The van der Waals surface area contributed by atoms with E-state index >= 15 is 0 Å². The lowest BCUT2D eigenvalue weighted by Crippen LogP contribution is -2.10. The number of rotatable bonds is 2. The number of nitrogens with zero attached hydrogens (tertiary/aromatic N) is 2. The van der Waals surface area contributed by atoms with Crippen molar-refractivity contribution in [3.8, 4) is 0 Å². The molecule has 3 heteroatoms. The Morgan fingerprint density at radius 3 is 1.95 bits per heavy atom. The Bertz CT molecular complexity index is 605. The first-order valence-electron chi connectivity index (χ1n) is 6.66. The highest BCUT2D eigenvalue weighted by Gasteiger charge is 2.12. The lowest BCUT2D eigenvalue weighted by Gasteiger charge is -2.14. The van der Waals surface area contributed by atoms with Crippen molar-refractivity contribution in [1.29, 1.82) is 0 Å². The summed E-state index contributed by atoms with van der Waals surface area (Å²) in [6, 6.07) is 6.27. The van der Waals surface area contributed by atoms with Crippen LogP contribution >= 0.6 is 11.9 Å². The first-order chi connectivity index (χ1) is 9.52. The van der Waals surface area contributed by atoms with Gasteiger partial charge in [-0.3, -0.25) is 0 Å². The molecule has 0 unspecified atom stereocenters. The monoisotopic (exact) mass is 284 g/mol. The van der Waals surface area contributed by atoms with Gasteiger partial charge in [-0.15, -0.1) is 0 Å². The smallest absolute Gasteiger partial charge is 0.0772 e. The van der Waals surface area contributed by atoms with Crippen molar-refractivity contribution < 1.29 is 0 Å². The molecule has 1 aromatic carbocycles. The summed E-state index contributed by atoms with van der Waals surface area (Å²) in [5, 5.41) is 0. The molecule has 2 rings (SSSR count). The zero-order chi connectivity index (χ0) is 14.7. The van der Waals surface area contributed by atoms with Crippen molar-refractivity contribution >= 4 is 29.1 Å². The normalized spacial score (nSPS) is 14.8. The molecule has 0 saturated carbocycles. The molecule has 0 heterocycles. The molecule has 1 aliphatic rings. The molecular formula is C17H20N2S. The third-order valence-electron chi connectivity index (χ3n) is 3.34. The second kappa shape index (κ2) is 6.23. The number of hydrogen-bond acceptors (Lipinski definition) is 3. The maximum atomic E-state index is 4.81. The van der Waals surface area contributed by atoms with E-state index in [4.69, 9.17) is 4.99 Å². The summed E-state index contributed by atoms with van der Waals surface area (Å²) in [6.07, 6.45) is 6.19. The Labute approximate surface area is 125 Å². The average Bonchev–Trinajstić information content (AvgIpc) is 2.38. The Morgan fingerprint density at radius 1 is 0.900 bits per heavy atom. The highest BCUT2D eigenvalue weighted by Crippen LogP contribution is 2.25. The first-order valence-corrected chi connectivity index (χ1v) is 7.84. The zero-order valence-corrected chi connectivity index (χ0v) is 13.5. The minimum Gasteiger partial charge on any atom is -0.248 e. The van der Waals surface area contributed by atoms with E-state index in [9.17, 15) is 0 Å². The Morgan fingerprint density at radius 2 is 1.45 bits per heavy atom. The summed E-state index contributed by atoms with van der Waals surface area (Å²) in [5.41, 5.74) is 7.89. The summed E-state index contributed by atoms with van der Waals surface area (Å²) in [4.78, 5) is 4.81. The maximum Gasteiger partial charge on any atom is 0.0772 e. The Balaban J connectivity index is 2.46. The van der Waals surface area contributed by atoms with Crippen LogP contribution in [0.3, 0.4) is 0 Å². The van der Waals surface area contributed by atoms with Gasteiger partial charge in [0.2, 0.25) is 0 Å². The number of aliphatic imine (C=N–C) groups is 1. The van der Waals surface area contributed by atoms with E-state index in [0.717, 1.165) is 17.1 Å². The number of hydrogen-bond donors (Lipinski definition) is 0. The summed E-state index contributed by atoms with van der Waals surface area (Å²) in [6.45, 7) is 8.38. The molecular weight excluding hydrogens is 264 g/mol. The topological polar surface area (TPSA) is 24.7 Å². The fourth-order valence-electron chi connectivity index (χ4n) is 2.34. The molecule has 0 amide bonds. The van der Waals surface area contributed by atoms with Crippen molar-refractivity contribution in [2.45, 2.75) is 27.7 Å². The largest absolute Gasteiger partial charge is 0.248 e. The van der Waals surface area contributed by atoms with Gasteiger partial charge in [0.05, 0.1) is 17.1 Å². The molecule has 1 aromatic rings. The second-order valence-electron chi connectivity index (χ2n) is 5.05. The fourth-order valence-corrected chi connectivity index (χ4v) is 2.81. The van der Waals surface area contributed by atoms with E-state index in [1.54, 1.807) is 0 Å². The van der Waals surface area contributed by atoms with E-state index in [2.05, 4.69) is 62.4 Å². The zero-order valence-electron chi connectivity index (χ0n) is 12.7. The van der Waals surface area contributed by atoms with Crippen molar-refractivity contribution in [2.24, 2.45) is 9.39 Å². The van der Waals surface area contributed by atoms with Crippen LogP contribution < -0.4 is 0 Å². The van der Waals surface area contributed by atoms with Gasteiger partial charge in [0.15, 0.2) is 0 Å². The van der Waals surface area contributed by atoms with Gasteiger partial charge in [-0.05, 0) is 74.1 Å². The number of para-hydroxylation sites is 1. The van der Waals surface area contributed by atoms with Crippen LogP contribution in [0.4, 0.5) is 5.69 Å². The summed E-state index contributed by atoms with van der Waals surface area (Å²) in [5.74, 6) is 0. The summed E-state index contributed by atoms with van der Waals surface area (Å²) in [7, 11) is 0. The molecule has 0 aromatic heterocycles. The van der Waals surface area contributed by atoms with Crippen LogP contribution in [0, 0.1) is 13.8 Å². The molecule has 2 nitrogen and oxygen atoms in total. The standard InChI is InChI=1S/C17H20N2S/c1-11-7-6-8-12(2)16(11)18-15-9-13(3)17(19-20-5)14(4)10-15/h6-10H,1-5H3. The Kier molecular flexibility index (Phi) is 4.61. The van der Waals surface area contributed by atoms with Gasteiger partial charge in [0, 0.05) is 6.26 Å². The Hall–Kier alpha value is -1.61. The van der Waals surface area contributed by atoms with Gasteiger partial charge in [-0.25, -0.2) is 9.39 Å². The predicted molar refractivity (Wildman–Crippen MR) is 91.5 cm³/mol. The van der Waals surface area contributed by atoms with E-state index in [0.29, 0.717) is 0 Å². The van der Waals surface area contributed by atoms with E-state index < -0.39 is 0 Å². The predicted octanol–water partition coefficient (Wildman–Crippen LogP) is 5.00. The molecule has 0 N–H and O–H groups in total. The second-order valence-corrected chi connectivity index (χ2v) is 5.60. The van der Waals surface area contributed by atoms with Crippen molar-refractivity contribution in [1.82, 2.24) is 0 Å². The lowest BCUT2D eigenvalue weighted by molar-refractivity contribution is 1.32. The van der Waals surface area contributed by atoms with Crippen molar-refractivity contribution in [3.05, 3.63) is 52.6 Å². The van der Waals surface area contributed by atoms with Gasteiger partial charge in [-0.1, -0.05) is 18.2 Å². The fraction of sp³-hybridized carbons (Fsp3) is 0.294. The summed E-state index contributed by atoms with van der Waals surface area (Å²) >= 11 is 1.49. The molecule has 0 fully saturated rings. The minimum absolute atomic E-state index is 0.998. The van der Waals surface area contributed by atoms with E-state index in [1.165, 1.54) is 34.2 Å². The van der Waals surface area contributed by atoms with Crippen LogP contribution in [0.15, 0.2) is 50.9 Å². The summed E-state index contributed by atoms with van der Waals surface area (Å²) < 4.78 is 4.46. The van der Waals surface area contributed by atoms with Crippen LogP contribution in [-0.2, 0) is 0 Å². The van der Waals surface area contributed by atoms with E-state index in [-0.39, 0.29) is 0 Å². The van der Waals surface area contributed by atoms with Gasteiger partial charge in [-0.2, -0.15) is 0 Å². The molecule has 20 heavy (non-hydrogen) atoms. The number of allylic oxidation sites excluding steroid dienone is 4.